The first-order chi connectivity index (χ1) is 21.2. The Balaban J connectivity index is 1.94. The number of aromatic nitrogens is 1. The molecule has 0 spiro atoms. The smallest absolute Gasteiger partial charge is 0.339 e. The highest BCUT2D eigenvalue weighted by atomic mass is 16.5. The molecule has 0 radical (unpaired) electrons. The second-order valence-electron chi connectivity index (χ2n) is 10.7. The van der Waals surface area contributed by atoms with Gasteiger partial charge in [-0.2, -0.15) is 0 Å². The molecule has 0 aliphatic carbocycles. The summed E-state index contributed by atoms with van der Waals surface area (Å²) in [4.78, 5) is 36.7. The summed E-state index contributed by atoms with van der Waals surface area (Å²) < 4.78 is 5.46. The topological polar surface area (TPSA) is 122 Å². The van der Waals surface area contributed by atoms with Gasteiger partial charge >= 0.3 is 5.97 Å². The molecule has 0 saturated carbocycles. The zero-order chi connectivity index (χ0) is 32.3. The summed E-state index contributed by atoms with van der Waals surface area (Å²) in [5.41, 5.74) is 9.64. The zero-order valence-electron chi connectivity index (χ0n) is 27.1. The number of hydrogen-bond acceptors (Lipinski definition) is 8. The van der Waals surface area contributed by atoms with Crippen molar-refractivity contribution in [1.29, 1.82) is 0 Å². The SMILES string of the molecule is C=C\C=C(/N=C(/C=C(\N)C(=O)Nc1ccc(C(=O)OCCCN(CCC)CCC(C)CC)cn1)CC)c1ccc(NC)cc1. The van der Waals surface area contributed by atoms with E-state index < -0.39 is 11.9 Å². The molecule has 1 aromatic heterocycles. The van der Waals surface area contributed by atoms with E-state index in [9.17, 15) is 9.59 Å². The van der Waals surface area contributed by atoms with Crippen LogP contribution >= 0.6 is 0 Å². The van der Waals surface area contributed by atoms with Crippen LogP contribution in [-0.2, 0) is 9.53 Å². The third-order valence-electron chi connectivity index (χ3n) is 7.22. The van der Waals surface area contributed by atoms with Crippen LogP contribution in [0.5, 0.6) is 0 Å². The van der Waals surface area contributed by atoms with Crippen molar-refractivity contribution < 1.29 is 14.3 Å². The number of carbonyl (C=O) groups is 2. The van der Waals surface area contributed by atoms with Gasteiger partial charge in [0.15, 0.2) is 0 Å². The standard InChI is InChI=1S/C35H50N6O3/c1-7-12-32(27-13-16-30(37-6)17-14-27)39-29(10-4)24-31(36)34(42)40-33-18-15-28(25-38-33)35(43)44-23-11-21-41(20-8-2)22-19-26(5)9-3/h7,12-18,24-26,37H,1,8-11,19-23,36H2,2-6H3,(H,38,40,42)/b31-24-,32-12-,39-29+. The van der Waals surface area contributed by atoms with Crippen LogP contribution in [0.2, 0.25) is 0 Å². The number of rotatable bonds is 19. The third kappa shape index (κ3) is 12.6. The molecule has 2 rings (SSSR count). The number of nitrogens with two attached hydrogens (primary N) is 1. The Morgan fingerprint density at radius 2 is 1.82 bits per heavy atom. The number of hydrogen-bond donors (Lipinski definition) is 3. The van der Waals surface area contributed by atoms with Crippen LogP contribution in [0, 0.1) is 5.92 Å². The Bertz CT molecular complexity index is 1280. The number of nitrogens with one attached hydrogen (secondary N) is 2. The monoisotopic (exact) mass is 602 g/mol. The first-order valence-corrected chi connectivity index (χ1v) is 15.6. The van der Waals surface area contributed by atoms with Gasteiger partial charge in [0.1, 0.15) is 5.82 Å². The summed E-state index contributed by atoms with van der Waals surface area (Å²) in [5.74, 6) is 0.0232. The van der Waals surface area contributed by atoms with Crippen molar-refractivity contribution >= 4 is 34.8 Å². The second kappa shape index (κ2) is 19.9. The third-order valence-corrected chi connectivity index (χ3v) is 7.22. The van der Waals surface area contributed by atoms with Crippen molar-refractivity contribution in [2.24, 2.45) is 16.6 Å². The normalized spacial score (nSPS) is 13.0. The fourth-order valence-electron chi connectivity index (χ4n) is 4.30. The highest BCUT2D eigenvalue weighted by Crippen LogP contribution is 2.20. The van der Waals surface area contributed by atoms with E-state index in [-0.39, 0.29) is 11.5 Å². The Morgan fingerprint density at radius 1 is 1.09 bits per heavy atom. The van der Waals surface area contributed by atoms with Crippen LogP contribution < -0.4 is 16.4 Å². The maximum atomic E-state index is 12.8. The molecule has 0 fully saturated rings. The lowest BCUT2D eigenvalue weighted by atomic mass is 10.1. The molecule has 1 heterocycles. The summed E-state index contributed by atoms with van der Waals surface area (Å²) >= 11 is 0. The molecule has 0 aliphatic heterocycles. The lowest BCUT2D eigenvalue weighted by Crippen LogP contribution is -2.29. The van der Waals surface area contributed by atoms with E-state index in [4.69, 9.17) is 15.5 Å². The molecule has 4 N–H and O–H groups in total. The van der Waals surface area contributed by atoms with E-state index in [1.54, 1.807) is 30.4 Å². The van der Waals surface area contributed by atoms with Gasteiger partial charge in [-0.3, -0.25) is 9.79 Å². The highest BCUT2D eigenvalue weighted by Gasteiger charge is 2.12. The molecule has 1 aromatic carbocycles. The van der Waals surface area contributed by atoms with Gasteiger partial charge < -0.3 is 26.0 Å². The van der Waals surface area contributed by atoms with Crippen LogP contribution in [0.1, 0.15) is 75.7 Å². The van der Waals surface area contributed by atoms with Gasteiger partial charge in [-0.05, 0) is 81.1 Å². The number of nitrogens with zero attached hydrogens (tertiary/aromatic N) is 3. The molecule has 1 amide bonds. The van der Waals surface area contributed by atoms with E-state index in [0.29, 0.717) is 35.9 Å². The highest BCUT2D eigenvalue weighted by molar-refractivity contribution is 6.09. The molecule has 1 unspecified atom stereocenters. The Labute approximate surface area is 263 Å². The number of aliphatic imine (C=N–C) groups is 1. The summed E-state index contributed by atoms with van der Waals surface area (Å²) in [7, 11) is 1.86. The number of benzene rings is 1. The molecule has 1 atom stereocenters. The van der Waals surface area contributed by atoms with E-state index in [1.807, 2.05) is 38.2 Å². The van der Waals surface area contributed by atoms with Crippen molar-refractivity contribution in [3.63, 3.8) is 0 Å². The predicted octanol–water partition coefficient (Wildman–Crippen LogP) is 6.68. The molecule has 238 valence electrons. The molecular weight excluding hydrogens is 552 g/mol. The quantitative estimate of drug-likeness (QED) is 0.0539. The Hall–Kier alpha value is -4.24. The van der Waals surface area contributed by atoms with Crippen molar-refractivity contribution in [3.8, 4) is 0 Å². The van der Waals surface area contributed by atoms with Crippen molar-refractivity contribution in [1.82, 2.24) is 9.88 Å². The van der Waals surface area contributed by atoms with Gasteiger partial charge in [0.2, 0.25) is 0 Å². The number of allylic oxidation sites excluding steroid dienone is 3. The van der Waals surface area contributed by atoms with Gasteiger partial charge in [-0.1, -0.05) is 58.9 Å². The van der Waals surface area contributed by atoms with Crippen molar-refractivity contribution in [2.75, 3.05) is 43.9 Å². The largest absolute Gasteiger partial charge is 0.462 e. The molecular formula is C35H50N6O3. The minimum Gasteiger partial charge on any atom is -0.462 e. The average molecular weight is 603 g/mol. The summed E-state index contributed by atoms with van der Waals surface area (Å²) in [6, 6.07) is 11.0. The first-order valence-electron chi connectivity index (χ1n) is 15.6. The van der Waals surface area contributed by atoms with Gasteiger partial charge in [0.25, 0.3) is 5.91 Å². The summed E-state index contributed by atoms with van der Waals surface area (Å²) in [6.07, 6.45) is 11.2. The van der Waals surface area contributed by atoms with Gasteiger partial charge in [-0.15, -0.1) is 0 Å². The Morgan fingerprint density at radius 3 is 2.41 bits per heavy atom. The van der Waals surface area contributed by atoms with Gasteiger partial charge in [0, 0.05) is 36.8 Å². The number of pyridine rings is 1. The van der Waals surface area contributed by atoms with E-state index in [0.717, 1.165) is 43.7 Å². The minimum atomic E-state index is -0.522. The minimum absolute atomic E-state index is 0.0133. The second-order valence-corrected chi connectivity index (χ2v) is 10.7. The fraction of sp³-hybridized carbons (Fsp3) is 0.429. The molecule has 9 nitrogen and oxygen atoms in total. The van der Waals surface area contributed by atoms with Crippen LogP contribution in [-0.4, -0.2) is 60.8 Å². The number of amides is 1. The predicted molar refractivity (Wildman–Crippen MR) is 183 cm³/mol. The molecule has 2 aromatic rings. The summed E-state index contributed by atoms with van der Waals surface area (Å²) in [5, 5.41) is 5.76. The zero-order valence-corrected chi connectivity index (χ0v) is 27.1. The number of esters is 1. The van der Waals surface area contributed by atoms with E-state index in [1.165, 1.54) is 19.0 Å². The maximum absolute atomic E-state index is 12.8. The molecule has 9 heteroatoms. The average Bonchev–Trinajstić information content (AvgIpc) is 3.04. The van der Waals surface area contributed by atoms with Crippen LogP contribution in [0.4, 0.5) is 11.5 Å². The fourth-order valence-corrected chi connectivity index (χ4v) is 4.30. The molecule has 44 heavy (non-hydrogen) atoms. The number of ether oxygens (including phenoxy) is 1. The molecule has 0 aliphatic rings. The van der Waals surface area contributed by atoms with E-state index >= 15 is 0 Å². The van der Waals surface area contributed by atoms with Crippen molar-refractivity contribution in [2.45, 2.75) is 59.8 Å². The number of anilines is 2. The van der Waals surface area contributed by atoms with Gasteiger partial charge in [0.05, 0.1) is 23.6 Å². The van der Waals surface area contributed by atoms with Crippen LogP contribution in [0.3, 0.4) is 0 Å². The van der Waals surface area contributed by atoms with Crippen molar-refractivity contribution in [3.05, 3.63) is 84.2 Å². The Kier molecular flexibility index (Phi) is 16.2. The molecule has 0 saturated heterocycles. The number of carbonyl (C=O) groups excluding carboxylic acids is 2. The lowest BCUT2D eigenvalue weighted by molar-refractivity contribution is -0.112. The first kappa shape index (κ1) is 36.0. The van der Waals surface area contributed by atoms with E-state index in [2.05, 4.69) is 47.9 Å². The summed E-state index contributed by atoms with van der Waals surface area (Å²) in [6.45, 7) is 15.8. The van der Waals surface area contributed by atoms with Gasteiger partial charge in [-0.25, -0.2) is 9.78 Å². The van der Waals surface area contributed by atoms with Crippen LogP contribution in [0.15, 0.2) is 78.1 Å². The maximum Gasteiger partial charge on any atom is 0.339 e. The molecule has 0 bridgehead atoms. The van der Waals surface area contributed by atoms with Crippen LogP contribution in [0.25, 0.3) is 5.70 Å². The lowest BCUT2D eigenvalue weighted by Gasteiger charge is -2.23.